The standard InChI is InChI=1S/C22H25N3O5S/c1-22(10-30-11-22)20(14-8-5-9-31-14)24-16-15(18(27)19(16)28)23-13-7-4-6-12(17(13)26)21(29)25(2)3/h4-9,15-16,20,23-24,26H,10-11H2,1-3H3. The molecule has 2 heterocycles. The van der Waals surface area contributed by atoms with Gasteiger partial charge in [0.1, 0.15) is 12.1 Å². The lowest BCUT2D eigenvalue weighted by Gasteiger charge is -2.47. The quantitative estimate of drug-likeness (QED) is 0.443. The zero-order chi connectivity index (χ0) is 22.3. The Morgan fingerprint density at radius 1 is 1.19 bits per heavy atom. The summed E-state index contributed by atoms with van der Waals surface area (Å²) in [4.78, 5) is 39.5. The van der Waals surface area contributed by atoms with Gasteiger partial charge in [0.25, 0.3) is 5.91 Å². The van der Waals surface area contributed by atoms with E-state index in [1.165, 1.54) is 11.0 Å². The number of hydrogen-bond donors (Lipinski definition) is 3. The molecule has 164 valence electrons. The van der Waals surface area contributed by atoms with Crippen LogP contribution in [0.15, 0.2) is 35.7 Å². The van der Waals surface area contributed by atoms with Crippen molar-refractivity contribution in [2.75, 3.05) is 32.6 Å². The van der Waals surface area contributed by atoms with Crippen LogP contribution in [0.25, 0.3) is 0 Å². The van der Waals surface area contributed by atoms with E-state index in [1.807, 2.05) is 17.5 Å². The molecular formula is C22H25N3O5S. The minimum absolute atomic E-state index is 0.119. The van der Waals surface area contributed by atoms with Crippen LogP contribution in [0.1, 0.15) is 28.2 Å². The number of carbonyl (C=O) groups excluding carboxylic acids is 3. The van der Waals surface area contributed by atoms with Gasteiger partial charge in [-0.1, -0.05) is 19.1 Å². The van der Waals surface area contributed by atoms with Crippen molar-refractivity contribution in [2.45, 2.75) is 25.0 Å². The largest absolute Gasteiger partial charge is 0.505 e. The minimum Gasteiger partial charge on any atom is -0.505 e. The Labute approximate surface area is 184 Å². The summed E-state index contributed by atoms with van der Waals surface area (Å²) in [6.07, 6.45) is 0. The molecule has 1 saturated heterocycles. The van der Waals surface area contributed by atoms with E-state index in [1.54, 1.807) is 37.6 Å². The van der Waals surface area contributed by atoms with Crippen molar-refractivity contribution < 1.29 is 24.2 Å². The van der Waals surface area contributed by atoms with Gasteiger partial charge < -0.3 is 20.1 Å². The molecule has 1 aliphatic heterocycles. The molecule has 0 bridgehead atoms. The van der Waals surface area contributed by atoms with Crippen LogP contribution in [0.4, 0.5) is 5.69 Å². The summed E-state index contributed by atoms with van der Waals surface area (Å²) in [5.41, 5.74) is 0.165. The van der Waals surface area contributed by atoms with Crippen molar-refractivity contribution in [1.29, 1.82) is 0 Å². The lowest BCUT2D eigenvalue weighted by Crippen LogP contribution is -2.69. The maximum absolute atomic E-state index is 12.4. The second kappa shape index (κ2) is 8.07. The summed E-state index contributed by atoms with van der Waals surface area (Å²) in [5, 5.41) is 18.9. The second-order valence-corrected chi connectivity index (χ2v) is 9.47. The van der Waals surface area contributed by atoms with Gasteiger partial charge in [0.15, 0.2) is 5.75 Å². The van der Waals surface area contributed by atoms with Crippen molar-refractivity contribution in [1.82, 2.24) is 10.2 Å². The molecule has 0 radical (unpaired) electrons. The number of nitrogens with zero attached hydrogens (tertiary/aromatic N) is 1. The van der Waals surface area contributed by atoms with E-state index in [9.17, 15) is 19.5 Å². The fraction of sp³-hybridized carbons (Fsp3) is 0.409. The number of amides is 1. The number of anilines is 1. The topological polar surface area (TPSA) is 108 Å². The summed E-state index contributed by atoms with van der Waals surface area (Å²) >= 11 is 1.58. The molecule has 2 fully saturated rings. The van der Waals surface area contributed by atoms with Gasteiger partial charge in [0, 0.05) is 24.4 Å². The Balaban J connectivity index is 1.57. The fourth-order valence-electron chi connectivity index (χ4n) is 3.93. The third-order valence-electron chi connectivity index (χ3n) is 5.86. The molecule has 9 heteroatoms. The van der Waals surface area contributed by atoms with Crippen molar-refractivity contribution >= 4 is 34.5 Å². The summed E-state index contributed by atoms with van der Waals surface area (Å²) < 4.78 is 5.42. The van der Waals surface area contributed by atoms with E-state index in [2.05, 4.69) is 17.6 Å². The number of thiophene rings is 1. The number of aromatic hydroxyl groups is 1. The maximum Gasteiger partial charge on any atom is 0.257 e. The summed E-state index contributed by atoms with van der Waals surface area (Å²) in [6.45, 7) is 3.21. The molecule has 31 heavy (non-hydrogen) atoms. The molecule has 3 atom stereocenters. The molecule has 8 nitrogen and oxygen atoms in total. The average Bonchev–Trinajstić information content (AvgIpc) is 3.26. The van der Waals surface area contributed by atoms with Crippen LogP contribution in [0.5, 0.6) is 5.75 Å². The van der Waals surface area contributed by atoms with Crippen molar-refractivity contribution in [3.8, 4) is 5.75 Å². The lowest BCUT2D eigenvalue weighted by molar-refractivity contribution is -0.149. The van der Waals surface area contributed by atoms with Gasteiger partial charge in [-0.2, -0.15) is 0 Å². The van der Waals surface area contributed by atoms with Crippen LogP contribution < -0.4 is 10.6 Å². The van der Waals surface area contributed by atoms with E-state index in [0.29, 0.717) is 13.2 Å². The summed E-state index contributed by atoms with van der Waals surface area (Å²) in [7, 11) is 3.18. The number of phenols is 1. The van der Waals surface area contributed by atoms with Gasteiger partial charge >= 0.3 is 0 Å². The molecule has 2 aromatic rings. The first-order valence-electron chi connectivity index (χ1n) is 9.98. The SMILES string of the molecule is CN(C)C(=O)c1cccc(NC2C(=O)C(=O)C2NC(c2cccs2)C2(C)COC2)c1O. The Hall–Kier alpha value is -2.75. The molecule has 1 aliphatic carbocycles. The highest BCUT2D eigenvalue weighted by molar-refractivity contribution is 7.10. The zero-order valence-corrected chi connectivity index (χ0v) is 18.4. The summed E-state index contributed by atoms with van der Waals surface area (Å²) in [6, 6.07) is 6.92. The van der Waals surface area contributed by atoms with E-state index in [0.717, 1.165) is 4.88 Å². The van der Waals surface area contributed by atoms with Crippen LogP contribution in [0.2, 0.25) is 0 Å². The highest BCUT2D eigenvalue weighted by Gasteiger charge is 2.53. The van der Waals surface area contributed by atoms with Crippen LogP contribution in [-0.2, 0) is 14.3 Å². The fourth-order valence-corrected chi connectivity index (χ4v) is 4.89. The van der Waals surface area contributed by atoms with Gasteiger partial charge in [-0.05, 0) is 23.6 Å². The van der Waals surface area contributed by atoms with E-state index in [-0.39, 0.29) is 34.4 Å². The lowest BCUT2D eigenvalue weighted by atomic mass is 9.76. The molecule has 4 rings (SSSR count). The van der Waals surface area contributed by atoms with E-state index in [4.69, 9.17) is 4.74 Å². The van der Waals surface area contributed by atoms with Crippen LogP contribution in [-0.4, -0.2) is 66.9 Å². The van der Waals surface area contributed by atoms with Gasteiger partial charge in [-0.25, -0.2) is 0 Å². The average molecular weight is 444 g/mol. The monoisotopic (exact) mass is 443 g/mol. The number of carbonyl (C=O) groups is 3. The van der Waals surface area contributed by atoms with E-state index < -0.39 is 23.7 Å². The van der Waals surface area contributed by atoms with Crippen molar-refractivity contribution in [2.24, 2.45) is 5.41 Å². The first-order chi connectivity index (χ1) is 14.7. The van der Waals surface area contributed by atoms with Crippen LogP contribution >= 0.6 is 11.3 Å². The summed E-state index contributed by atoms with van der Waals surface area (Å²) in [5.74, 6) is -1.66. The van der Waals surface area contributed by atoms with Gasteiger partial charge in [0.05, 0.1) is 30.5 Å². The number of para-hydroxylation sites is 1. The first-order valence-corrected chi connectivity index (χ1v) is 10.9. The third kappa shape index (κ3) is 3.73. The molecule has 2 aliphatic rings. The normalized spacial score (nSPS) is 22.9. The number of phenolic OH excluding ortho intramolecular Hbond substituents is 1. The van der Waals surface area contributed by atoms with Crippen LogP contribution in [0, 0.1) is 5.41 Å². The molecule has 3 unspecified atom stereocenters. The Morgan fingerprint density at radius 3 is 2.48 bits per heavy atom. The number of ketones is 2. The molecule has 1 aromatic heterocycles. The molecule has 0 spiro atoms. The highest BCUT2D eigenvalue weighted by atomic mass is 32.1. The number of nitrogens with one attached hydrogen (secondary N) is 2. The zero-order valence-electron chi connectivity index (χ0n) is 17.5. The number of rotatable bonds is 7. The second-order valence-electron chi connectivity index (χ2n) is 8.49. The predicted octanol–water partition coefficient (Wildman–Crippen LogP) is 1.82. The molecular weight excluding hydrogens is 418 g/mol. The Kier molecular flexibility index (Phi) is 5.59. The molecule has 1 aromatic carbocycles. The van der Waals surface area contributed by atoms with Crippen molar-refractivity contribution in [3.63, 3.8) is 0 Å². The highest BCUT2D eigenvalue weighted by Crippen LogP contribution is 2.43. The van der Waals surface area contributed by atoms with Gasteiger partial charge in [-0.15, -0.1) is 11.3 Å². The molecule has 3 N–H and O–H groups in total. The minimum atomic E-state index is -0.838. The molecule has 1 saturated carbocycles. The number of ether oxygens (including phenoxy) is 1. The smallest absolute Gasteiger partial charge is 0.257 e. The third-order valence-corrected chi connectivity index (χ3v) is 6.80. The predicted molar refractivity (Wildman–Crippen MR) is 116 cm³/mol. The van der Waals surface area contributed by atoms with Gasteiger partial charge in [-0.3, -0.25) is 19.7 Å². The first kappa shape index (κ1) is 21.5. The number of hydrogen-bond acceptors (Lipinski definition) is 8. The molecule has 1 amide bonds. The van der Waals surface area contributed by atoms with Gasteiger partial charge in [0.2, 0.25) is 11.6 Å². The Bertz CT molecular complexity index is 1020. The van der Waals surface area contributed by atoms with E-state index >= 15 is 0 Å². The van der Waals surface area contributed by atoms with Crippen molar-refractivity contribution in [3.05, 3.63) is 46.2 Å². The number of Topliss-reactive ketones (excluding diaryl/α,β-unsaturated/α-hetero) is 2. The van der Waals surface area contributed by atoms with Crippen LogP contribution in [0.3, 0.4) is 0 Å². The Morgan fingerprint density at radius 2 is 1.90 bits per heavy atom. The maximum atomic E-state index is 12.4. The number of benzene rings is 1.